The van der Waals surface area contributed by atoms with Crippen LogP contribution < -0.4 is 10.9 Å². The molecule has 2 aromatic heterocycles. The van der Waals surface area contributed by atoms with Gasteiger partial charge in [-0.25, -0.2) is 4.98 Å². The Hall–Kier alpha value is -2.51. The average molecular weight is 385 g/mol. The van der Waals surface area contributed by atoms with E-state index in [0.29, 0.717) is 30.8 Å². The molecule has 3 aromatic rings. The lowest BCUT2D eigenvalue weighted by molar-refractivity contribution is -0.121. The number of aromatic amines is 1. The molecule has 2 heterocycles. The summed E-state index contributed by atoms with van der Waals surface area (Å²) in [6.07, 6.45) is 0.680. The van der Waals surface area contributed by atoms with Crippen LogP contribution >= 0.6 is 11.3 Å². The van der Waals surface area contributed by atoms with Gasteiger partial charge in [0.2, 0.25) is 5.91 Å². The zero-order chi connectivity index (χ0) is 19.4. The third-order valence-corrected chi connectivity index (χ3v) is 5.60. The van der Waals surface area contributed by atoms with Crippen LogP contribution in [0.2, 0.25) is 0 Å². The Bertz CT molecular complexity index is 1010. The molecule has 0 bridgehead atoms. The van der Waals surface area contributed by atoms with Crippen LogP contribution in [0.5, 0.6) is 0 Å². The molecular formula is C20H23N3O3S. The maximum absolute atomic E-state index is 12.3. The van der Waals surface area contributed by atoms with Gasteiger partial charge in [-0.1, -0.05) is 24.3 Å². The predicted octanol–water partition coefficient (Wildman–Crippen LogP) is 3.00. The van der Waals surface area contributed by atoms with E-state index in [0.717, 1.165) is 26.4 Å². The van der Waals surface area contributed by atoms with E-state index in [9.17, 15) is 9.59 Å². The van der Waals surface area contributed by atoms with E-state index in [1.165, 1.54) is 11.3 Å². The van der Waals surface area contributed by atoms with Crippen molar-refractivity contribution in [2.24, 2.45) is 0 Å². The number of amides is 1. The summed E-state index contributed by atoms with van der Waals surface area (Å²) in [6.45, 7) is 4.96. The third kappa shape index (κ3) is 4.61. The molecule has 142 valence electrons. The SMILES string of the molecule is COCc1ccc(CNC(=O)CCc2nc3sc(C)c(C)c3c(=O)[nH]2)cc1. The molecule has 0 unspecified atom stereocenters. The van der Waals surface area contributed by atoms with Gasteiger partial charge in [-0.05, 0) is 30.5 Å². The first-order chi connectivity index (χ1) is 13.0. The summed E-state index contributed by atoms with van der Waals surface area (Å²) in [7, 11) is 1.66. The fourth-order valence-corrected chi connectivity index (χ4v) is 3.91. The Kier molecular flexibility index (Phi) is 6.03. The summed E-state index contributed by atoms with van der Waals surface area (Å²) in [5.41, 5.74) is 2.97. The molecule has 0 aliphatic carbocycles. The smallest absolute Gasteiger partial charge is 0.259 e. The van der Waals surface area contributed by atoms with Gasteiger partial charge < -0.3 is 15.0 Å². The first-order valence-corrected chi connectivity index (χ1v) is 9.62. The summed E-state index contributed by atoms with van der Waals surface area (Å²) in [5.74, 6) is 0.477. The normalized spacial score (nSPS) is 11.1. The second-order valence-corrected chi connectivity index (χ2v) is 7.71. The van der Waals surface area contributed by atoms with Gasteiger partial charge in [-0.15, -0.1) is 11.3 Å². The van der Waals surface area contributed by atoms with Crippen LogP contribution in [0.25, 0.3) is 10.2 Å². The Morgan fingerprint density at radius 2 is 1.93 bits per heavy atom. The number of hydrogen-bond donors (Lipinski definition) is 2. The van der Waals surface area contributed by atoms with E-state index in [2.05, 4.69) is 15.3 Å². The second-order valence-electron chi connectivity index (χ2n) is 6.50. The maximum atomic E-state index is 12.3. The first kappa shape index (κ1) is 19.3. The number of nitrogens with one attached hydrogen (secondary N) is 2. The first-order valence-electron chi connectivity index (χ1n) is 8.80. The largest absolute Gasteiger partial charge is 0.380 e. The Balaban J connectivity index is 1.56. The molecule has 0 radical (unpaired) electrons. The fourth-order valence-electron chi connectivity index (χ4n) is 2.86. The van der Waals surface area contributed by atoms with Gasteiger partial charge in [0.15, 0.2) is 0 Å². The highest BCUT2D eigenvalue weighted by atomic mass is 32.1. The predicted molar refractivity (Wildman–Crippen MR) is 107 cm³/mol. The second kappa shape index (κ2) is 8.45. The lowest BCUT2D eigenvalue weighted by Gasteiger charge is -2.06. The summed E-state index contributed by atoms with van der Waals surface area (Å²) in [6, 6.07) is 7.92. The van der Waals surface area contributed by atoms with Crippen LogP contribution in [0, 0.1) is 13.8 Å². The molecule has 2 N–H and O–H groups in total. The minimum Gasteiger partial charge on any atom is -0.380 e. The third-order valence-electron chi connectivity index (χ3n) is 4.50. The summed E-state index contributed by atoms with van der Waals surface area (Å²) in [4.78, 5) is 33.5. The number of thiophene rings is 1. The Labute approximate surface area is 161 Å². The van der Waals surface area contributed by atoms with Crippen LogP contribution in [-0.2, 0) is 29.1 Å². The molecule has 1 amide bonds. The molecule has 0 aliphatic heterocycles. The van der Waals surface area contributed by atoms with Crippen molar-refractivity contribution in [3.8, 4) is 0 Å². The molecule has 6 nitrogen and oxygen atoms in total. The number of aromatic nitrogens is 2. The minimum absolute atomic E-state index is 0.0720. The monoisotopic (exact) mass is 385 g/mol. The van der Waals surface area contributed by atoms with E-state index in [-0.39, 0.29) is 17.9 Å². The zero-order valence-corrected chi connectivity index (χ0v) is 16.5. The van der Waals surface area contributed by atoms with Gasteiger partial charge in [-0.2, -0.15) is 0 Å². The van der Waals surface area contributed by atoms with E-state index < -0.39 is 0 Å². The molecule has 0 fully saturated rings. The molecule has 1 aromatic carbocycles. The number of aryl methyl sites for hydroxylation is 3. The molecule has 0 saturated heterocycles. The number of benzene rings is 1. The average Bonchev–Trinajstić information content (AvgIpc) is 2.94. The molecule has 0 spiro atoms. The molecular weight excluding hydrogens is 362 g/mol. The number of rotatable bonds is 7. The van der Waals surface area contributed by atoms with Gasteiger partial charge in [0.05, 0.1) is 12.0 Å². The fraction of sp³-hybridized carbons (Fsp3) is 0.350. The Morgan fingerprint density at radius 3 is 2.63 bits per heavy atom. The highest BCUT2D eigenvalue weighted by Gasteiger charge is 2.12. The van der Waals surface area contributed by atoms with Crippen LogP contribution in [0.1, 0.15) is 33.8 Å². The van der Waals surface area contributed by atoms with E-state index in [1.54, 1.807) is 7.11 Å². The summed E-state index contributed by atoms with van der Waals surface area (Å²) < 4.78 is 5.08. The van der Waals surface area contributed by atoms with Gasteiger partial charge in [0.25, 0.3) is 5.56 Å². The van der Waals surface area contributed by atoms with Gasteiger partial charge in [-0.3, -0.25) is 9.59 Å². The topological polar surface area (TPSA) is 84.1 Å². The minimum atomic E-state index is -0.131. The lowest BCUT2D eigenvalue weighted by atomic mass is 10.1. The summed E-state index contributed by atoms with van der Waals surface area (Å²) in [5, 5.41) is 3.55. The molecule has 0 saturated carbocycles. The quantitative estimate of drug-likeness (QED) is 0.655. The molecule has 3 rings (SSSR count). The van der Waals surface area contributed by atoms with Crippen molar-refractivity contribution in [1.82, 2.24) is 15.3 Å². The number of hydrogen-bond acceptors (Lipinski definition) is 5. The van der Waals surface area contributed by atoms with Crippen LogP contribution in [-0.4, -0.2) is 23.0 Å². The Morgan fingerprint density at radius 1 is 1.22 bits per heavy atom. The zero-order valence-electron chi connectivity index (χ0n) is 15.7. The molecule has 0 aliphatic rings. The standard InChI is InChI=1S/C20H23N3O3S/c1-12-13(2)27-20-18(12)19(25)22-16(23-20)8-9-17(24)21-10-14-4-6-15(7-5-14)11-26-3/h4-7H,8-11H2,1-3H3,(H,21,24)(H,22,23,25). The number of carbonyl (C=O) groups excluding carboxylic acids is 1. The van der Waals surface area contributed by atoms with Crippen LogP contribution in [0.15, 0.2) is 29.1 Å². The molecule has 0 atom stereocenters. The highest BCUT2D eigenvalue weighted by Crippen LogP contribution is 2.25. The van der Waals surface area contributed by atoms with Crippen LogP contribution in [0.3, 0.4) is 0 Å². The van der Waals surface area contributed by atoms with Gasteiger partial charge >= 0.3 is 0 Å². The van der Waals surface area contributed by atoms with E-state index >= 15 is 0 Å². The van der Waals surface area contributed by atoms with Crippen molar-refractivity contribution in [2.75, 3.05) is 7.11 Å². The lowest BCUT2D eigenvalue weighted by Crippen LogP contribution is -2.23. The number of fused-ring (bicyclic) bond motifs is 1. The van der Waals surface area contributed by atoms with Crippen molar-refractivity contribution in [1.29, 1.82) is 0 Å². The van der Waals surface area contributed by atoms with Crippen molar-refractivity contribution in [2.45, 2.75) is 39.8 Å². The van der Waals surface area contributed by atoms with E-state index in [1.807, 2.05) is 38.1 Å². The van der Waals surface area contributed by atoms with Crippen molar-refractivity contribution in [3.05, 3.63) is 62.0 Å². The van der Waals surface area contributed by atoms with Crippen molar-refractivity contribution in [3.63, 3.8) is 0 Å². The number of H-pyrrole nitrogens is 1. The van der Waals surface area contributed by atoms with Gasteiger partial charge in [0.1, 0.15) is 10.7 Å². The molecule has 27 heavy (non-hydrogen) atoms. The van der Waals surface area contributed by atoms with Crippen LogP contribution in [0.4, 0.5) is 0 Å². The highest BCUT2D eigenvalue weighted by molar-refractivity contribution is 7.18. The number of nitrogens with zero attached hydrogens (tertiary/aromatic N) is 1. The van der Waals surface area contributed by atoms with E-state index in [4.69, 9.17) is 4.74 Å². The number of methoxy groups -OCH3 is 1. The summed E-state index contributed by atoms with van der Waals surface area (Å²) >= 11 is 1.51. The van der Waals surface area contributed by atoms with Crippen molar-refractivity contribution < 1.29 is 9.53 Å². The van der Waals surface area contributed by atoms with Gasteiger partial charge in [0, 0.05) is 31.4 Å². The van der Waals surface area contributed by atoms with Crippen molar-refractivity contribution >= 4 is 27.5 Å². The number of carbonyl (C=O) groups is 1. The molecule has 7 heteroatoms. The maximum Gasteiger partial charge on any atom is 0.259 e. The number of ether oxygens (including phenoxy) is 1.